The van der Waals surface area contributed by atoms with Gasteiger partial charge in [0.2, 0.25) is 0 Å². The van der Waals surface area contributed by atoms with Gasteiger partial charge in [0.05, 0.1) is 0 Å². The van der Waals surface area contributed by atoms with Crippen LogP contribution < -0.4 is 0 Å². The van der Waals surface area contributed by atoms with Crippen molar-refractivity contribution >= 4 is 17.5 Å². The van der Waals surface area contributed by atoms with Crippen molar-refractivity contribution in [3.63, 3.8) is 0 Å². The quantitative estimate of drug-likeness (QED) is 0.796. The average Bonchev–Trinajstić information content (AvgIpc) is 2.52. The molecule has 2 aromatic rings. The van der Waals surface area contributed by atoms with Crippen LogP contribution in [0.5, 0.6) is 0 Å². The predicted octanol–water partition coefficient (Wildman–Crippen LogP) is 3.35. The summed E-state index contributed by atoms with van der Waals surface area (Å²) in [6, 6.07) is 7.25. The summed E-state index contributed by atoms with van der Waals surface area (Å²) in [4.78, 5) is 22.6. The number of aryl methyl sites for hydroxylation is 1. The number of rotatable bonds is 5. The van der Waals surface area contributed by atoms with E-state index < -0.39 is 0 Å². The van der Waals surface area contributed by atoms with Crippen LogP contribution in [0.3, 0.4) is 0 Å². The maximum absolute atomic E-state index is 12.6. The molecule has 0 aliphatic carbocycles. The van der Waals surface area contributed by atoms with Crippen LogP contribution in [0.15, 0.2) is 36.7 Å². The van der Waals surface area contributed by atoms with Gasteiger partial charge in [-0.25, -0.2) is 4.98 Å². The van der Waals surface area contributed by atoms with Crippen LogP contribution in [0.2, 0.25) is 5.15 Å². The predicted molar refractivity (Wildman–Crippen MR) is 83.3 cm³/mol. The van der Waals surface area contributed by atoms with E-state index in [0.29, 0.717) is 23.8 Å². The van der Waals surface area contributed by atoms with E-state index >= 15 is 0 Å². The second-order valence-electron chi connectivity index (χ2n) is 4.70. The fourth-order valence-electron chi connectivity index (χ4n) is 2.07. The third kappa shape index (κ3) is 4.02. The first kappa shape index (κ1) is 15.4. The summed E-state index contributed by atoms with van der Waals surface area (Å²) >= 11 is 5.99. The molecule has 0 unspecified atom stereocenters. The van der Waals surface area contributed by atoms with Gasteiger partial charge in [0.15, 0.2) is 0 Å². The van der Waals surface area contributed by atoms with E-state index in [2.05, 4.69) is 9.97 Å². The summed E-state index contributed by atoms with van der Waals surface area (Å²) < 4.78 is 0. The van der Waals surface area contributed by atoms with Gasteiger partial charge in [0.1, 0.15) is 5.15 Å². The number of hydrogen-bond acceptors (Lipinski definition) is 3. The molecule has 0 saturated heterocycles. The minimum Gasteiger partial charge on any atom is -0.335 e. The molecule has 0 aromatic carbocycles. The van der Waals surface area contributed by atoms with Crippen LogP contribution >= 0.6 is 11.6 Å². The Morgan fingerprint density at radius 3 is 2.57 bits per heavy atom. The summed E-state index contributed by atoms with van der Waals surface area (Å²) in [5.74, 6) is -0.0340. The molecule has 2 rings (SSSR count). The zero-order valence-electron chi connectivity index (χ0n) is 12.2. The molecule has 5 heteroatoms. The van der Waals surface area contributed by atoms with E-state index in [4.69, 9.17) is 11.6 Å². The number of pyridine rings is 2. The second-order valence-corrected chi connectivity index (χ2v) is 5.09. The van der Waals surface area contributed by atoms with Crippen molar-refractivity contribution in [3.8, 4) is 0 Å². The van der Waals surface area contributed by atoms with Crippen LogP contribution in [0.4, 0.5) is 0 Å². The van der Waals surface area contributed by atoms with Crippen molar-refractivity contribution in [2.75, 3.05) is 6.54 Å². The van der Waals surface area contributed by atoms with Crippen molar-refractivity contribution in [1.82, 2.24) is 14.9 Å². The summed E-state index contributed by atoms with van der Waals surface area (Å²) in [5, 5.41) is 0.359. The van der Waals surface area contributed by atoms with Crippen LogP contribution in [0.1, 0.15) is 35.5 Å². The first-order valence-electron chi connectivity index (χ1n) is 6.98. The Morgan fingerprint density at radius 2 is 1.95 bits per heavy atom. The summed E-state index contributed by atoms with van der Waals surface area (Å²) in [5.41, 5.74) is 2.46. The van der Waals surface area contributed by atoms with Gasteiger partial charge in [0.25, 0.3) is 5.91 Å². The van der Waals surface area contributed by atoms with E-state index in [0.717, 1.165) is 17.7 Å². The second kappa shape index (κ2) is 7.18. The number of nitrogens with zero attached hydrogens (tertiary/aromatic N) is 3. The van der Waals surface area contributed by atoms with Gasteiger partial charge in [-0.15, -0.1) is 0 Å². The van der Waals surface area contributed by atoms with E-state index in [9.17, 15) is 4.79 Å². The van der Waals surface area contributed by atoms with Gasteiger partial charge in [-0.1, -0.05) is 18.5 Å². The first-order chi connectivity index (χ1) is 10.1. The van der Waals surface area contributed by atoms with E-state index in [1.807, 2.05) is 32.0 Å². The number of carbonyl (C=O) groups excluding carboxylic acids is 1. The normalized spacial score (nSPS) is 10.4. The van der Waals surface area contributed by atoms with E-state index in [-0.39, 0.29) is 5.91 Å². The molecule has 110 valence electrons. The Balaban J connectivity index is 2.22. The molecule has 4 nitrogen and oxygen atoms in total. The van der Waals surface area contributed by atoms with Crippen molar-refractivity contribution in [2.45, 2.75) is 26.8 Å². The molecule has 0 N–H and O–H groups in total. The lowest BCUT2D eigenvalue weighted by molar-refractivity contribution is 0.0752. The Bertz CT molecular complexity index is 616. The van der Waals surface area contributed by atoms with Crippen LogP contribution in [0, 0.1) is 0 Å². The average molecular weight is 304 g/mol. The van der Waals surface area contributed by atoms with Gasteiger partial charge >= 0.3 is 0 Å². The molecule has 2 aromatic heterocycles. The molecular weight excluding hydrogens is 286 g/mol. The number of amides is 1. The molecule has 21 heavy (non-hydrogen) atoms. The number of carbonyl (C=O) groups is 1. The smallest absolute Gasteiger partial charge is 0.254 e. The monoisotopic (exact) mass is 303 g/mol. The van der Waals surface area contributed by atoms with E-state index in [1.165, 1.54) is 0 Å². The summed E-state index contributed by atoms with van der Waals surface area (Å²) in [6.07, 6.45) is 4.20. The van der Waals surface area contributed by atoms with E-state index in [1.54, 1.807) is 23.4 Å². The van der Waals surface area contributed by atoms with Crippen molar-refractivity contribution in [1.29, 1.82) is 0 Å². The highest BCUT2D eigenvalue weighted by Crippen LogP contribution is 2.15. The van der Waals surface area contributed by atoms with Crippen molar-refractivity contribution in [2.24, 2.45) is 0 Å². The minimum atomic E-state index is -0.0340. The third-order valence-corrected chi connectivity index (χ3v) is 3.44. The molecule has 0 aliphatic heterocycles. The maximum atomic E-state index is 12.6. The SMILES string of the molecule is CCc1cc(C(=O)N(CC)Cc2ccncc2)cc(Cl)n1. The Kier molecular flexibility index (Phi) is 5.28. The molecule has 0 fully saturated rings. The lowest BCUT2D eigenvalue weighted by Gasteiger charge is -2.21. The van der Waals surface area contributed by atoms with Gasteiger partial charge in [-0.2, -0.15) is 0 Å². The molecule has 1 amide bonds. The van der Waals surface area contributed by atoms with Gasteiger partial charge in [0, 0.05) is 36.7 Å². The maximum Gasteiger partial charge on any atom is 0.254 e. The Morgan fingerprint density at radius 1 is 1.24 bits per heavy atom. The molecule has 0 bridgehead atoms. The fourth-order valence-corrected chi connectivity index (χ4v) is 2.30. The zero-order chi connectivity index (χ0) is 15.2. The zero-order valence-corrected chi connectivity index (χ0v) is 13.0. The molecule has 0 spiro atoms. The van der Waals surface area contributed by atoms with Crippen molar-refractivity contribution < 1.29 is 4.79 Å². The standard InChI is InChI=1S/C16H18ClN3O/c1-3-14-9-13(10-15(17)19-14)16(21)20(4-2)11-12-5-7-18-8-6-12/h5-10H,3-4,11H2,1-2H3. The molecule has 0 aliphatic rings. The number of hydrogen-bond donors (Lipinski definition) is 0. The van der Waals surface area contributed by atoms with Gasteiger partial charge in [-0.3, -0.25) is 9.78 Å². The Hall–Kier alpha value is -1.94. The first-order valence-corrected chi connectivity index (χ1v) is 7.36. The van der Waals surface area contributed by atoms with Crippen molar-refractivity contribution in [3.05, 3.63) is 58.6 Å². The lowest BCUT2D eigenvalue weighted by Crippen LogP contribution is -2.30. The lowest BCUT2D eigenvalue weighted by atomic mass is 10.1. The van der Waals surface area contributed by atoms with Gasteiger partial charge in [-0.05, 0) is 43.2 Å². The van der Waals surface area contributed by atoms with Crippen LogP contribution in [-0.4, -0.2) is 27.3 Å². The number of halogens is 1. The Labute approximate surface area is 129 Å². The molecule has 2 heterocycles. The van der Waals surface area contributed by atoms with Crippen LogP contribution in [0.25, 0.3) is 0 Å². The highest BCUT2D eigenvalue weighted by Gasteiger charge is 2.16. The largest absolute Gasteiger partial charge is 0.335 e. The highest BCUT2D eigenvalue weighted by atomic mass is 35.5. The molecule has 0 atom stereocenters. The summed E-state index contributed by atoms with van der Waals surface area (Å²) in [7, 11) is 0. The highest BCUT2D eigenvalue weighted by molar-refractivity contribution is 6.29. The summed E-state index contributed by atoms with van der Waals surface area (Å²) in [6.45, 7) is 5.13. The topological polar surface area (TPSA) is 46.1 Å². The minimum absolute atomic E-state index is 0.0340. The third-order valence-electron chi connectivity index (χ3n) is 3.25. The van der Waals surface area contributed by atoms with Gasteiger partial charge < -0.3 is 4.90 Å². The molecule has 0 radical (unpaired) electrons. The molecular formula is C16H18ClN3O. The number of aromatic nitrogens is 2. The van der Waals surface area contributed by atoms with Crippen LogP contribution in [-0.2, 0) is 13.0 Å². The molecule has 0 saturated carbocycles. The fraction of sp³-hybridized carbons (Fsp3) is 0.312.